The largest absolute Gasteiger partial charge is 0.496 e. The predicted molar refractivity (Wildman–Crippen MR) is 110 cm³/mol. The van der Waals surface area contributed by atoms with Crippen molar-refractivity contribution >= 4 is 17.3 Å². The van der Waals surface area contributed by atoms with Gasteiger partial charge >= 0.3 is 0 Å². The van der Waals surface area contributed by atoms with Gasteiger partial charge in [-0.1, -0.05) is 54.1 Å². The van der Waals surface area contributed by atoms with E-state index in [4.69, 9.17) is 26.2 Å². The molecule has 0 aromatic heterocycles. The number of hydrogen-bond donors (Lipinski definition) is 0. The van der Waals surface area contributed by atoms with Crippen LogP contribution < -0.4 is 9.47 Å². The zero-order valence-corrected chi connectivity index (χ0v) is 16.1. The minimum absolute atomic E-state index is 0.116. The maximum Gasteiger partial charge on any atom is 0.217 e. The quantitative estimate of drug-likeness (QED) is 0.584. The Kier molecular flexibility index (Phi) is 4.21. The third kappa shape index (κ3) is 2.81. The number of fused-ring (bicyclic) bond motifs is 3. The highest BCUT2D eigenvalue weighted by Crippen LogP contribution is 2.48. The van der Waals surface area contributed by atoms with Crippen LogP contribution in [0.3, 0.4) is 0 Å². The van der Waals surface area contributed by atoms with Gasteiger partial charge < -0.3 is 9.47 Å². The summed E-state index contributed by atoms with van der Waals surface area (Å²) in [7, 11) is 1.68. The monoisotopic (exact) mass is 390 g/mol. The molecule has 0 radical (unpaired) electrons. The minimum Gasteiger partial charge on any atom is -0.496 e. The minimum atomic E-state index is -0.346. The van der Waals surface area contributed by atoms with E-state index >= 15 is 0 Å². The molecule has 0 fully saturated rings. The van der Waals surface area contributed by atoms with E-state index in [1.807, 2.05) is 66.7 Å². The van der Waals surface area contributed by atoms with E-state index in [1.54, 1.807) is 7.11 Å². The summed E-state index contributed by atoms with van der Waals surface area (Å²) in [5, 5.41) is 7.75. The Morgan fingerprint density at radius 2 is 1.68 bits per heavy atom. The fourth-order valence-electron chi connectivity index (χ4n) is 3.93. The van der Waals surface area contributed by atoms with Crippen LogP contribution in [0.5, 0.6) is 11.5 Å². The topological polar surface area (TPSA) is 34.1 Å². The van der Waals surface area contributed by atoms with Gasteiger partial charge in [0.05, 0.1) is 24.4 Å². The number of hydrazone groups is 1. The van der Waals surface area contributed by atoms with E-state index in [9.17, 15) is 0 Å². The van der Waals surface area contributed by atoms with E-state index in [1.165, 1.54) is 0 Å². The van der Waals surface area contributed by atoms with Crippen LogP contribution in [0.2, 0.25) is 5.02 Å². The van der Waals surface area contributed by atoms with Crippen LogP contribution in [0.15, 0.2) is 77.9 Å². The normalized spacial score (nSPS) is 20.1. The number of ether oxygens (including phenoxy) is 2. The Balaban J connectivity index is 1.61. The van der Waals surface area contributed by atoms with Crippen LogP contribution >= 0.6 is 11.6 Å². The molecule has 2 atom stereocenters. The smallest absolute Gasteiger partial charge is 0.217 e. The Morgan fingerprint density at radius 3 is 2.46 bits per heavy atom. The van der Waals surface area contributed by atoms with Gasteiger partial charge in [-0.05, 0) is 35.9 Å². The lowest BCUT2D eigenvalue weighted by atomic mass is 9.96. The summed E-state index contributed by atoms with van der Waals surface area (Å²) in [6, 6.07) is 24.1. The van der Waals surface area contributed by atoms with Crippen molar-refractivity contribution in [1.29, 1.82) is 0 Å². The van der Waals surface area contributed by atoms with Crippen molar-refractivity contribution in [1.82, 2.24) is 5.01 Å². The second-order valence-electron chi connectivity index (χ2n) is 6.90. The summed E-state index contributed by atoms with van der Waals surface area (Å²) in [4.78, 5) is 0. The molecule has 0 saturated heterocycles. The highest BCUT2D eigenvalue weighted by atomic mass is 35.5. The molecule has 0 spiro atoms. The molecule has 0 amide bonds. The standard InChI is InChI=1S/C23H19ClN2O2/c1-27-21-8-4-3-7-18(21)23-26-20(17-6-2-5-9-22(17)28-23)14-19(25-26)15-10-12-16(24)13-11-15/h2-13,20,23H,14H2,1H3/t20-,23+/m1/s1. The number of nitrogens with zero attached hydrogens (tertiary/aromatic N) is 2. The molecule has 2 aliphatic heterocycles. The summed E-state index contributed by atoms with van der Waals surface area (Å²) >= 11 is 6.06. The van der Waals surface area contributed by atoms with Crippen LogP contribution in [0.1, 0.15) is 35.4 Å². The van der Waals surface area contributed by atoms with Crippen LogP contribution in [-0.4, -0.2) is 17.8 Å². The van der Waals surface area contributed by atoms with Crippen molar-refractivity contribution in [2.45, 2.75) is 18.7 Å². The number of benzene rings is 3. The fraction of sp³-hybridized carbons (Fsp3) is 0.174. The molecular weight excluding hydrogens is 372 g/mol. The second kappa shape index (κ2) is 6.88. The van der Waals surface area contributed by atoms with E-state index in [0.717, 1.165) is 45.3 Å². The van der Waals surface area contributed by atoms with Gasteiger partial charge in [-0.3, -0.25) is 0 Å². The number of halogens is 1. The molecule has 140 valence electrons. The van der Waals surface area contributed by atoms with Gasteiger partial charge in [0.2, 0.25) is 6.23 Å². The lowest BCUT2D eigenvalue weighted by molar-refractivity contribution is -0.0203. The first-order chi connectivity index (χ1) is 13.7. The molecule has 3 aromatic rings. The van der Waals surface area contributed by atoms with Gasteiger partial charge in [0.15, 0.2) is 0 Å². The molecule has 4 nitrogen and oxygen atoms in total. The SMILES string of the molecule is COc1ccccc1[C@@H]1Oc2ccccc2[C@H]2CC(c3ccc(Cl)cc3)=NN21. The predicted octanol–water partition coefficient (Wildman–Crippen LogP) is 5.59. The summed E-state index contributed by atoms with van der Waals surface area (Å²) in [5.74, 6) is 1.69. The zero-order chi connectivity index (χ0) is 19.1. The number of para-hydroxylation sites is 2. The first-order valence-electron chi connectivity index (χ1n) is 9.25. The molecule has 0 unspecified atom stereocenters. The summed E-state index contributed by atoms with van der Waals surface area (Å²) < 4.78 is 12.0. The molecular formula is C23H19ClN2O2. The van der Waals surface area contributed by atoms with E-state index in [2.05, 4.69) is 11.1 Å². The van der Waals surface area contributed by atoms with E-state index in [0.29, 0.717) is 0 Å². The van der Waals surface area contributed by atoms with Crippen molar-refractivity contribution in [2.75, 3.05) is 7.11 Å². The van der Waals surface area contributed by atoms with Gasteiger partial charge in [-0.2, -0.15) is 5.10 Å². The van der Waals surface area contributed by atoms with Gasteiger partial charge in [0.25, 0.3) is 0 Å². The van der Waals surface area contributed by atoms with Crippen LogP contribution in [0, 0.1) is 0 Å². The first-order valence-corrected chi connectivity index (χ1v) is 9.62. The molecule has 2 aliphatic rings. The van der Waals surface area contributed by atoms with Gasteiger partial charge in [-0.25, -0.2) is 5.01 Å². The highest BCUT2D eigenvalue weighted by molar-refractivity contribution is 6.30. The molecule has 5 rings (SSSR count). The zero-order valence-electron chi connectivity index (χ0n) is 15.4. The van der Waals surface area contributed by atoms with E-state index in [-0.39, 0.29) is 12.3 Å². The maximum absolute atomic E-state index is 6.40. The molecule has 0 saturated carbocycles. The van der Waals surface area contributed by atoms with E-state index < -0.39 is 0 Å². The lowest BCUT2D eigenvalue weighted by Gasteiger charge is -2.38. The molecule has 2 heterocycles. The first kappa shape index (κ1) is 17.1. The van der Waals surface area contributed by atoms with Crippen LogP contribution in [0.25, 0.3) is 0 Å². The van der Waals surface area contributed by atoms with Crippen molar-refractivity contribution < 1.29 is 9.47 Å². The van der Waals surface area contributed by atoms with Crippen molar-refractivity contribution in [3.05, 3.63) is 94.5 Å². The Morgan fingerprint density at radius 1 is 0.964 bits per heavy atom. The summed E-state index contributed by atoms with van der Waals surface area (Å²) in [6.45, 7) is 0. The fourth-order valence-corrected chi connectivity index (χ4v) is 4.05. The number of methoxy groups -OCH3 is 1. The molecule has 5 heteroatoms. The van der Waals surface area contributed by atoms with Crippen LogP contribution in [0.4, 0.5) is 0 Å². The molecule has 0 aliphatic carbocycles. The van der Waals surface area contributed by atoms with Crippen molar-refractivity contribution in [3.8, 4) is 11.5 Å². The summed E-state index contributed by atoms with van der Waals surface area (Å²) in [5.41, 5.74) is 4.23. The highest BCUT2D eigenvalue weighted by Gasteiger charge is 2.41. The Bertz CT molecular complexity index is 1050. The third-order valence-corrected chi connectivity index (χ3v) is 5.53. The van der Waals surface area contributed by atoms with Gasteiger partial charge in [0.1, 0.15) is 11.5 Å². The van der Waals surface area contributed by atoms with Gasteiger partial charge in [0, 0.05) is 17.0 Å². The Hall–Kier alpha value is -2.98. The third-order valence-electron chi connectivity index (χ3n) is 5.28. The maximum atomic E-state index is 6.40. The molecule has 28 heavy (non-hydrogen) atoms. The second-order valence-corrected chi connectivity index (χ2v) is 7.34. The Labute approximate surface area is 169 Å². The number of hydrogen-bond acceptors (Lipinski definition) is 4. The summed E-state index contributed by atoms with van der Waals surface area (Å²) in [6.07, 6.45) is 0.467. The average molecular weight is 391 g/mol. The molecule has 0 bridgehead atoms. The average Bonchev–Trinajstić information content (AvgIpc) is 3.19. The van der Waals surface area contributed by atoms with Gasteiger partial charge in [-0.15, -0.1) is 0 Å². The molecule has 0 N–H and O–H groups in total. The van der Waals surface area contributed by atoms with Crippen molar-refractivity contribution in [3.63, 3.8) is 0 Å². The van der Waals surface area contributed by atoms with Crippen LogP contribution in [-0.2, 0) is 0 Å². The van der Waals surface area contributed by atoms with Crippen molar-refractivity contribution in [2.24, 2.45) is 5.10 Å². The lowest BCUT2D eigenvalue weighted by Crippen LogP contribution is -2.33. The number of rotatable bonds is 3. The molecule has 3 aromatic carbocycles.